The summed E-state index contributed by atoms with van der Waals surface area (Å²) < 4.78 is 0. The molecule has 0 saturated heterocycles. The lowest BCUT2D eigenvalue weighted by Crippen LogP contribution is -2.40. The van der Waals surface area contributed by atoms with Gasteiger partial charge in [-0.2, -0.15) is 0 Å². The van der Waals surface area contributed by atoms with E-state index in [1.165, 1.54) is 49.2 Å². The second kappa shape index (κ2) is 9.53. The summed E-state index contributed by atoms with van der Waals surface area (Å²) in [6.07, 6.45) is 8.41. The van der Waals surface area contributed by atoms with Crippen molar-refractivity contribution < 1.29 is 0 Å². The van der Waals surface area contributed by atoms with E-state index in [2.05, 4.69) is 49.5 Å². The molecule has 1 nitrogen and oxygen atoms in total. The summed E-state index contributed by atoms with van der Waals surface area (Å²) >= 11 is 2.02. The van der Waals surface area contributed by atoms with E-state index >= 15 is 0 Å². The molecule has 3 unspecified atom stereocenters. The van der Waals surface area contributed by atoms with Gasteiger partial charge in [-0.1, -0.05) is 44.9 Å². The Labute approximate surface area is 135 Å². The maximum absolute atomic E-state index is 3.74. The van der Waals surface area contributed by atoms with E-state index in [1.807, 2.05) is 11.8 Å². The number of nitrogens with one attached hydrogen (secondary N) is 1. The average molecular weight is 306 g/mol. The molecule has 3 atom stereocenters. The van der Waals surface area contributed by atoms with E-state index in [0.717, 1.165) is 24.4 Å². The number of hydrogen-bond donors (Lipinski definition) is 1. The smallest absolute Gasteiger partial charge is 0.00957 e. The highest BCUT2D eigenvalue weighted by atomic mass is 32.2. The second-order valence-corrected chi connectivity index (χ2v) is 7.51. The minimum absolute atomic E-state index is 0.763. The molecule has 1 N–H and O–H groups in total. The van der Waals surface area contributed by atoms with Gasteiger partial charge >= 0.3 is 0 Å². The van der Waals surface area contributed by atoms with E-state index < -0.39 is 0 Å². The summed E-state index contributed by atoms with van der Waals surface area (Å²) in [5, 5.41) is 3.74. The van der Waals surface area contributed by atoms with Gasteiger partial charge in [0.2, 0.25) is 0 Å². The molecule has 118 valence electrons. The molecule has 2 heteroatoms. The van der Waals surface area contributed by atoms with Crippen LogP contribution in [-0.2, 0) is 0 Å². The summed E-state index contributed by atoms with van der Waals surface area (Å²) in [7, 11) is 0. The van der Waals surface area contributed by atoms with Crippen LogP contribution in [0.5, 0.6) is 0 Å². The molecule has 1 aliphatic rings. The first-order chi connectivity index (χ1) is 10.3. The van der Waals surface area contributed by atoms with Crippen LogP contribution in [0.4, 0.5) is 0 Å². The number of rotatable bonds is 8. The Balaban J connectivity index is 1.81. The standard InChI is InChI=1S/C19H31NS/c1-3-8-16-11-12-19(20-4-2)17(15-16)13-14-21-18-9-6-5-7-10-18/h5-7,9-10,16-17,19-20H,3-4,8,11-15H2,1-2H3. The van der Waals surface area contributed by atoms with Crippen molar-refractivity contribution in [2.24, 2.45) is 11.8 Å². The number of hydrogen-bond acceptors (Lipinski definition) is 2. The summed E-state index contributed by atoms with van der Waals surface area (Å²) in [6.45, 7) is 5.69. The predicted molar refractivity (Wildman–Crippen MR) is 95.0 cm³/mol. The van der Waals surface area contributed by atoms with Crippen molar-refractivity contribution >= 4 is 11.8 Å². The normalized spacial score (nSPS) is 25.9. The maximum atomic E-state index is 3.74. The van der Waals surface area contributed by atoms with Crippen LogP contribution in [0.2, 0.25) is 0 Å². The second-order valence-electron chi connectivity index (χ2n) is 6.34. The lowest BCUT2D eigenvalue weighted by molar-refractivity contribution is 0.193. The maximum Gasteiger partial charge on any atom is 0.00957 e. The van der Waals surface area contributed by atoms with Crippen molar-refractivity contribution in [1.82, 2.24) is 5.32 Å². The van der Waals surface area contributed by atoms with E-state index in [1.54, 1.807) is 0 Å². The van der Waals surface area contributed by atoms with E-state index in [-0.39, 0.29) is 0 Å². The van der Waals surface area contributed by atoms with Crippen LogP contribution < -0.4 is 5.32 Å². The molecule has 1 aromatic rings. The minimum atomic E-state index is 0.763. The Morgan fingerprint density at radius 3 is 2.62 bits per heavy atom. The largest absolute Gasteiger partial charge is 0.314 e. The van der Waals surface area contributed by atoms with Crippen molar-refractivity contribution in [3.8, 4) is 0 Å². The van der Waals surface area contributed by atoms with Crippen LogP contribution in [0, 0.1) is 11.8 Å². The van der Waals surface area contributed by atoms with Crippen molar-refractivity contribution in [1.29, 1.82) is 0 Å². The number of thioether (sulfide) groups is 1. The fraction of sp³-hybridized carbons (Fsp3) is 0.684. The van der Waals surface area contributed by atoms with Gasteiger partial charge in [-0.15, -0.1) is 11.8 Å². The van der Waals surface area contributed by atoms with Gasteiger partial charge in [0, 0.05) is 10.9 Å². The molecule has 0 aromatic heterocycles. The Morgan fingerprint density at radius 1 is 1.10 bits per heavy atom. The zero-order valence-corrected chi connectivity index (χ0v) is 14.5. The highest BCUT2D eigenvalue weighted by Gasteiger charge is 2.29. The highest BCUT2D eigenvalue weighted by molar-refractivity contribution is 7.99. The molecule has 2 rings (SSSR count). The molecule has 0 aliphatic heterocycles. The van der Waals surface area contributed by atoms with Crippen molar-refractivity contribution in [3.63, 3.8) is 0 Å². The van der Waals surface area contributed by atoms with Gasteiger partial charge in [0.15, 0.2) is 0 Å². The van der Waals surface area contributed by atoms with Crippen molar-refractivity contribution in [3.05, 3.63) is 30.3 Å². The van der Waals surface area contributed by atoms with Crippen LogP contribution in [0.3, 0.4) is 0 Å². The molecule has 0 amide bonds. The van der Waals surface area contributed by atoms with Gasteiger partial charge in [0.05, 0.1) is 0 Å². The van der Waals surface area contributed by atoms with Crippen LogP contribution in [0.15, 0.2) is 35.2 Å². The van der Waals surface area contributed by atoms with Crippen LogP contribution in [0.1, 0.15) is 52.4 Å². The quantitative estimate of drug-likeness (QED) is 0.649. The van der Waals surface area contributed by atoms with Gasteiger partial charge < -0.3 is 5.32 Å². The first-order valence-corrected chi connectivity index (χ1v) is 9.73. The van der Waals surface area contributed by atoms with Crippen LogP contribution in [-0.4, -0.2) is 18.3 Å². The topological polar surface area (TPSA) is 12.0 Å². The molecule has 0 radical (unpaired) electrons. The average Bonchev–Trinajstić information content (AvgIpc) is 2.51. The summed E-state index contributed by atoms with van der Waals surface area (Å²) in [5.41, 5.74) is 0. The SMILES string of the molecule is CCCC1CCC(NCC)C(CCSc2ccccc2)C1. The van der Waals surface area contributed by atoms with E-state index in [9.17, 15) is 0 Å². The van der Waals surface area contributed by atoms with Gasteiger partial charge in [-0.05, 0) is 61.9 Å². The zero-order chi connectivity index (χ0) is 14.9. The van der Waals surface area contributed by atoms with Gasteiger partial charge in [0.1, 0.15) is 0 Å². The third-order valence-corrected chi connectivity index (χ3v) is 5.80. The van der Waals surface area contributed by atoms with Crippen molar-refractivity contribution in [2.45, 2.75) is 63.3 Å². The summed E-state index contributed by atoms with van der Waals surface area (Å²) in [4.78, 5) is 1.42. The molecule has 0 heterocycles. The lowest BCUT2D eigenvalue weighted by atomic mass is 9.75. The van der Waals surface area contributed by atoms with Crippen molar-refractivity contribution in [2.75, 3.05) is 12.3 Å². The Morgan fingerprint density at radius 2 is 1.90 bits per heavy atom. The molecule has 1 aromatic carbocycles. The fourth-order valence-corrected chi connectivity index (χ4v) is 4.73. The Hall–Kier alpha value is -0.470. The fourth-order valence-electron chi connectivity index (χ4n) is 3.73. The molecule has 1 saturated carbocycles. The minimum Gasteiger partial charge on any atom is -0.314 e. The first-order valence-electron chi connectivity index (χ1n) is 8.74. The molecule has 1 fully saturated rings. The monoisotopic (exact) mass is 305 g/mol. The van der Waals surface area contributed by atoms with Crippen LogP contribution in [0.25, 0.3) is 0 Å². The zero-order valence-electron chi connectivity index (χ0n) is 13.7. The molecule has 21 heavy (non-hydrogen) atoms. The molecular weight excluding hydrogens is 274 g/mol. The predicted octanol–water partition coefficient (Wildman–Crippen LogP) is 5.36. The molecule has 0 bridgehead atoms. The molecular formula is C19H31NS. The third kappa shape index (κ3) is 5.67. The Kier molecular flexibility index (Phi) is 7.66. The molecule has 0 spiro atoms. The number of benzene rings is 1. The van der Waals surface area contributed by atoms with Gasteiger partial charge in [0.25, 0.3) is 0 Å². The van der Waals surface area contributed by atoms with E-state index in [4.69, 9.17) is 0 Å². The van der Waals surface area contributed by atoms with Gasteiger partial charge in [-0.25, -0.2) is 0 Å². The van der Waals surface area contributed by atoms with Gasteiger partial charge in [-0.3, -0.25) is 0 Å². The van der Waals surface area contributed by atoms with Crippen LogP contribution >= 0.6 is 11.8 Å². The first kappa shape index (κ1) is 16.9. The summed E-state index contributed by atoms with van der Waals surface area (Å²) in [5.74, 6) is 3.12. The van der Waals surface area contributed by atoms with E-state index in [0.29, 0.717) is 0 Å². The third-order valence-electron chi connectivity index (χ3n) is 4.75. The lowest BCUT2D eigenvalue weighted by Gasteiger charge is -2.37. The molecule has 1 aliphatic carbocycles. The Bertz CT molecular complexity index is 378. The summed E-state index contributed by atoms with van der Waals surface area (Å²) in [6, 6.07) is 11.6. The highest BCUT2D eigenvalue weighted by Crippen LogP contribution is 2.35.